The summed E-state index contributed by atoms with van der Waals surface area (Å²) in [5.41, 5.74) is 3.10. The van der Waals surface area contributed by atoms with E-state index in [1.165, 1.54) is 11.3 Å². The smallest absolute Gasteiger partial charge is 0.338 e. The van der Waals surface area contributed by atoms with Crippen molar-refractivity contribution in [1.82, 2.24) is 14.3 Å². The number of benzene rings is 1. The van der Waals surface area contributed by atoms with E-state index in [1.807, 2.05) is 38.4 Å². The number of ether oxygens (including phenoxy) is 1. The number of nitrogens with zero attached hydrogens (tertiary/aromatic N) is 4. The van der Waals surface area contributed by atoms with Crippen molar-refractivity contribution in [2.75, 3.05) is 6.61 Å². The van der Waals surface area contributed by atoms with E-state index >= 15 is 0 Å². The molecule has 0 saturated carbocycles. The zero-order valence-corrected chi connectivity index (χ0v) is 19.1. The van der Waals surface area contributed by atoms with Gasteiger partial charge in [-0.2, -0.15) is 5.10 Å². The largest absolute Gasteiger partial charge is 0.463 e. The molecule has 3 aromatic rings. The minimum Gasteiger partial charge on any atom is -0.463 e. The highest BCUT2D eigenvalue weighted by molar-refractivity contribution is 7.07. The first kappa shape index (κ1) is 21.3. The van der Waals surface area contributed by atoms with Crippen LogP contribution in [0.15, 0.2) is 51.5 Å². The van der Waals surface area contributed by atoms with Crippen molar-refractivity contribution < 1.29 is 9.53 Å². The molecule has 1 atom stereocenters. The number of halogens is 1. The Kier molecular flexibility index (Phi) is 5.68. The second kappa shape index (κ2) is 8.28. The first-order valence-electron chi connectivity index (χ1n) is 9.75. The molecule has 0 N–H and O–H groups in total. The quantitative estimate of drug-likeness (QED) is 0.565. The highest BCUT2D eigenvalue weighted by atomic mass is 35.5. The van der Waals surface area contributed by atoms with E-state index in [4.69, 9.17) is 16.3 Å². The highest BCUT2D eigenvalue weighted by Gasteiger charge is 2.33. The Labute approximate surface area is 187 Å². The fraction of sp³-hybridized carbons (Fsp3) is 0.273. The average molecular weight is 457 g/mol. The average Bonchev–Trinajstić information content (AvgIpc) is 3.19. The number of fused-ring (bicyclic) bond motifs is 1. The molecule has 4 rings (SSSR count). The maximum atomic E-state index is 13.5. The lowest BCUT2D eigenvalue weighted by atomic mass is 9.96. The number of carbonyl (C=O) groups is 1. The molecular formula is C22H21ClN4O3S. The maximum absolute atomic E-state index is 13.5. The third-order valence-corrected chi connectivity index (χ3v) is 6.28. The first-order valence-corrected chi connectivity index (χ1v) is 10.9. The highest BCUT2D eigenvalue weighted by Crippen LogP contribution is 2.31. The van der Waals surface area contributed by atoms with E-state index in [0.29, 0.717) is 25.6 Å². The molecule has 0 saturated heterocycles. The lowest BCUT2D eigenvalue weighted by Gasteiger charge is -2.24. The van der Waals surface area contributed by atoms with Gasteiger partial charge in [0.15, 0.2) is 4.80 Å². The topological polar surface area (TPSA) is 78.5 Å². The van der Waals surface area contributed by atoms with Crippen molar-refractivity contribution in [3.63, 3.8) is 0 Å². The summed E-state index contributed by atoms with van der Waals surface area (Å²) in [4.78, 5) is 31.4. The maximum Gasteiger partial charge on any atom is 0.338 e. The number of hydrogen-bond donors (Lipinski definition) is 0. The zero-order valence-electron chi connectivity index (χ0n) is 17.5. The molecule has 1 aromatic carbocycles. The molecule has 1 aliphatic rings. The molecule has 0 aliphatic carbocycles. The van der Waals surface area contributed by atoms with Gasteiger partial charge in [-0.25, -0.2) is 9.79 Å². The molecule has 0 fully saturated rings. The van der Waals surface area contributed by atoms with Crippen molar-refractivity contribution in [1.29, 1.82) is 0 Å². The third-order valence-electron chi connectivity index (χ3n) is 5.04. The van der Waals surface area contributed by atoms with E-state index in [1.54, 1.807) is 35.2 Å². The van der Waals surface area contributed by atoms with Gasteiger partial charge in [-0.1, -0.05) is 35.1 Å². The number of aryl methyl sites for hydroxylation is 2. The normalized spacial score (nSPS) is 16.3. The number of thiazole rings is 1. The van der Waals surface area contributed by atoms with Gasteiger partial charge in [0.05, 0.1) is 34.1 Å². The van der Waals surface area contributed by atoms with Crippen LogP contribution in [0, 0.1) is 6.92 Å². The monoisotopic (exact) mass is 456 g/mol. The summed E-state index contributed by atoms with van der Waals surface area (Å²) < 4.78 is 9.08. The Morgan fingerprint density at radius 1 is 1.29 bits per heavy atom. The number of carbonyl (C=O) groups excluding carboxylic acids is 1. The molecule has 0 bridgehead atoms. The summed E-state index contributed by atoms with van der Waals surface area (Å²) in [7, 11) is 1.83. The van der Waals surface area contributed by atoms with Crippen LogP contribution in [0.4, 0.5) is 0 Å². The fourth-order valence-corrected chi connectivity index (χ4v) is 4.82. The van der Waals surface area contributed by atoms with Gasteiger partial charge >= 0.3 is 5.97 Å². The van der Waals surface area contributed by atoms with Gasteiger partial charge in [0, 0.05) is 23.8 Å². The zero-order chi connectivity index (χ0) is 22.3. The molecule has 9 heteroatoms. The summed E-state index contributed by atoms with van der Waals surface area (Å²) in [6.45, 7) is 5.63. The molecule has 1 aliphatic heterocycles. The van der Waals surface area contributed by atoms with Crippen molar-refractivity contribution >= 4 is 35.0 Å². The molecule has 0 spiro atoms. The van der Waals surface area contributed by atoms with Crippen LogP contribution in [0.1, 0.15) is 36.7 Å². The second-order valence-corrected chi connectivity index (χ2v) is 8.64. The van der Waals surface area contributed by atoms with Gasteiger partial charge in [-0.05, 0) is 44.5 Å². The van der Waals surface area contributed by atoms with E-state index in [9.17, 15) is 9.59 Å². The molecule has 1 unspecified atom stereocenters. The summed E-state index contributed by atoms with van der Waals surface area (Å²) >= 11 is 7.36. The van der Waals surface area contributed by atoms with Crippen LogP contribution in [0.5, 0.6) is 0 Å². The van der Waals surface area contributed by atoms with Crippen LogP contribution in [-0.4, -0.2) is 26.9 Å². The number of rotatable bonds is 4. The predicted octanol–water partition coefficient (Wildman–Crippen LogP) is 2.49. The van der Waals surface area contributed by atoms with Crippen LogP contribution in [0.25, 0.3) is 6.08 Å². The van der Waals surface area contributed by atoms with Crippen LogP contribution in [0.3, 0.4) is 0 Å². The molecule has 2 aromatic heterocycles. The van der Waals surface area contributed by atoms with Crippen molar-refractivity contribution in [3.8, 4) is 0 Å². The summed E-state index contributed by atoms with van der Waals surface area (Å²) in [5, 5.41) is 4.90. The minimum absolute atomic E-state index is 0.221. The minimum atomic E-state index is -0.648. The van der Waals surface area contributed by atoms with E-state index in [2.05, 4.69) is 10.1 Å². The second-order valence-electron chi connectivity index (χ2n) is 7.20. The van der Waals surface area contributed by atoms with Crippen LogP contribution >= 0.6 is 22.9 Å². The molecule has 7 nitrogen and oxygen atoms in total. The van der Waals surface area contributed by atoms with Crippen molar-refractivity contribution in [2.24, 2.45) is 12.0 Å². The van der Waals surface area contributed by atoms with Gasteiger partial charge in [0.2, 0.25) is 0 Å². The lowest BCUT2D eigenvalue weighted by molar-refractivity contribution is -0.139. The Bertz CT molecular complexity index is 1380. The fourth-order valence-electron chi connectivity index (χ4n) is 3.65. The Balaban J connectivity index is 1.97. The van der Waals surface area contributed by atoms with Gasteiger partial charge in [0.25, 0.3) is 5.56 Å². The Morgan fingerprint density at radius 3 is 2.61 bits per heavy atom. The number of hydrogen-bond acceptors (Lipinski definition) is 6. The molecular weight excluding hydrogens is 436 g/mol. The van der Waals surface area contributed by atoms with E-state index in [-0.39, 0.29) is 12.2 Å². The SMILES string of the molecule is CCOC(=O)C1=C(C)N=c2s/c(=C/c3cn(C)nc3C)c(=O)n2C1c1ccc(Cl)cc1. The molecule has 3 heterocycles. The summed E-state index contributed by atoms with van der Waals surface area (Å²) in [6.07, 6.45) is 3.67. The first-order chi connectivity index (χ1) is 14.8. The summed E-state index contributed by atoms with van der Waals surface area (Å²) in [6, 6.07) is 6.46. The van der Waals surface area contributed by atoms with Crippen molar-refractivity contribution in [3.05, 3.63) is 83.3 Å². The Hall–Kier alpha value is -2.97. The van der Waals surface area contributed by atoms with Crippen LogP contribution < -0.4 is 14.9 Å². The van der Waals surface area contributed by atoms with Crippen LogP contribution in [-0.2, 0) is 16.6 Å². The number of allylic oxidation sites excluding steroid dienone is 1. The van der Waals surface area contributed by atoms with E-state index in [0.717, 1.165) is 16.8 Å². The van der Waals surface area contributed by atoms with Crippen molar-refractivity contribution in [2.45, 2.75) is 26.8 Å². The van der Waals surface area contributed by atoms with Gasteiger partial charge < -0.3 is 4.74 Å². The standard InChI is InChI=1S/C22H21ClN4O3S/c1-5-30-21(29)18-13(3)24-22-27(19(18)14-6-8-16(23)9-7-14)20(28)17(31-22)10-15-11-26(4)25-12(15)2/h6-11,19H,5H2,1-4H3/b17-10+. The molecule has 160 valence electrons. The lowest BCUT2D eigenvalue weighted by Crippen LogP contribution is -2.39. The summed E-state index contributed by atoms with van der Waals surface area (Å²) in [5.74, 6) is -0.485. The van der Waals surface area contributed by atoms with Gasteiger partial charge in [-0.3, -0.25) is 14.0 Å². The van der Waals surface area contributed by atoms with Gasteiger partial charge in [-0.15, -0.1) is 0 Å². The number of aromatic nitrogens is 3. The number of esters is 1. The predicted molar refractivity (Wildman–Crippen MR) is 120 cm³/mol. The van der Waals surface area contributed by atoms with Gasteiger partial charge in [0.1, 0.15) is 0 Å². The van der Waals surface area contributed by atoms with E-state index < -0.39 is 12.0 Å². The molecule has 0 amide bonds. The third kappa shape index (κ3) is 3.88. The van der Waals surface area contributed by atoms with Crippen LogP contribution in [0.2, 0.25) is 5.02 Å². The molecule has 31 heavy (non-hydrogen) atoms. The molecule has 0 radical (unpaired) electrons. The Morgan fingerprint density at radius 2 is 2.00 bits per heavy atom.